The number of nitro benzene ring substituents is 1. The number of nitrogens with one attached hydrogen (secondary N) is 2. The summed E-state index contributed by atoms with van der Waals surface area (Å²) < 4.78 is 38.2. The first-order valence-electron chi connectivity index (χ1n) is 8.28. The monoisotopic (exact) mass is 450 g/mol. The van der Waals surface area contributed by atoms with E-state index in [9.17, 15) is 28.1 Å². The number of aromatic nitrogens is 1. The van der Waals surface area contributed by atoms with Gasteiger partial charge in [-0.15, -0.1) is 0 Å². The summed E-state index contributed by atoms with van der Waals surface area (Å²) in [5.41, 5.74) is -1.17. The standard InChI is InChI=1S/C17H15Cl2F3N4O3/c18-13-4-3-11(26(28)29)9-12(13)16(27)24-6-2-1-5-23-15-8-10(17(20,21)22)7-14(19)25-15/h3-4,7-9H,1-2,5-6H2,(H,23,25)(H,24,27). The predicted octanol–water partition coefficient (Wildman–Crippen LogP) is 4.94. The fourth-order valence-corrected chi connectivity index (χ4v) is 2.73. The van der Waals surface area contributed by atoms with E-state index in [-0.39, 0.29) is 33.8 Å². The van der Waals surface area contributed by atoms with Crippen molar-refractivity contribution in [3.05, 3.63) is 61.7 Å². The number of hydrogen-bond donors (Lipinski definition) is 2. The van der Waals surface area contributed by atoms with Crippen LogP contribution >= 0.6 is 23.2 Å². The van der Waals surface area contributed by atoms with Gasteiger partial charge in [0, 0.05) is 25.2 Å². The van der Waals surface area contributed by atoms with Gasteiger partial charge in [-0.2, -0.15) is 13.2 Å². The summed E-state index contributed by atoms with van der Waals surface area (Å²) in [6.45, 7) is 0.550. The van der Waals surface area contributed by atoms with Crippen LogP contribution in [0.3, 0.4) is 0 Å². The van der Waals surface area contributed by atoms with Crippen LogP contribution < -0.4 is 10.6 Å². The second-order valence-corrected chi connectivity index (χ2v) is 6.67. The second-order valence-electron chi connectivity index (χ2n) is 5.87. The molecule has 0 saturated heterocycles. The number of pyridine rings is 1. The van der Waals surface area contributed by atoms with Crippen LogP contribution in [0.15, 0.2) is 30.3 Å². The lowest BCUT2D eigenvalue weighted by molar-refractivity contribution is -0.384. The molecule has 0 fully saturated rings. The van der Waals surface area contributed by atoms with Gasteiger partial charge in [-0.25, -0.2) is 4.98 Å². The van der Waals surface area contributed by atoms with Gasteiger partial charge in [-0.05, 0) is 31.0 Å². The summed E-state index contributed by atoms with van der Waals surface area (Å²) in [6.07, 6.45) is -3.52. The van der Waals surface area contributed by atoms with Crippen LogP contribution in [0.4, 0.5) is 24.7 Å². The first-order chi connectivity index (χ1) is 13.6. The van der Waals surface area contributed by atoms with Crippen molar-refractivity contribution in [1.29, 1.82) is 0 Å². The number of alkyl halides is 3. The molecule has 7 nitrogen and oxygen atoms in total. The Bertz CT molecular complexity index is 910. The number of anilines is 1. The van der Waals surface area contributed by atoms with Gasteiger partial charge in [0.2, 0.25) is 0 Å². The summed E-state index contributed by atoms with van der Waals surface area (Å²) >= 11 is 11.5. The van der Waals surface area contributed by atoms with E-state index in [1.165, 1.54) is 12.1 Å². The highest BCUT2D eigenvalue weighted by Crippen LogP contribution is 2.31. The molecule has 0 radical (unpaired) electrons. The molecule has 0 atom stereocenters. The van der Waals surface area contributed by atoms with Crippen molar-refractivity contribution in [3.8, 4) is 0 Å². The lowest BCUT2D eigenvalue weighted by Crippen LogP contribution is -2.25. The zero-order valence-corrected chi connectivity index (χ0v) is 16.2. The number of carbonyl (C=O) groups excluding carboxylic acids is 1. The minimum absolute atomic E-state index is 0.00256. The number of unbranched alkanes of at least 4 members (excludes halogenated alkanes) is 1. The Hall–Kier alpha value is -2.59. The molecule has 29 heavy (non-hydrogen) atoms. The Balaban J connectivity index is 1.79. The molecule has 12 heteroatoms. The normalized spacial score (nSPS) is 11.2. The van der Waals surface area contributed by atoms with E-state index in [4.69, 9.17) is 23.2 Å². The van der Waals surface area contributed by atoms with Crippen LogP contribution in [0.2, 0.25) is 10.2 Å². The molecule has 156 valence electrons. The van der Waals surface area contributed by atoms with Crippen molar-refractivity contribution in [3.63, 3.8) is 0 Å². The van der Waals surface area contributed by atoms with Crippen LogP contribution in [0.5, 0.6) is 0 Å². The van der Waals surface area contributed by atoms with Gasteiger partial charge in [0.05, 0.1) is 21.1 Å². The summed E-state index contributed by atoms with van der Waals surface area (Å²) in [5.74, 6) is -0.560. The van der Waals surface area contributed by atoms with Gasteiger partial charge in [-0.1, -0.05) is 23.2 Å². The van der Waals surface area contributed by atoms with Crippen molar-refractivity contribution < 1.29 is 22.9 Å². The second kappa shape index (κ2) is 9.75. The number of carbonyl (C=O) groups is 1. The van der Waals surface area contributed by atoms with Gasteiger partial charge < -0.3 is 10.6 Å². The molecule has 2 aromatic rings. The Labute approximate surface area is 173 Å². The molecule has 1 heterocycles. The lowest BCUT2D eigenvalue weighted by atomic mass is 10.2. The summed E-state index contributed by atoms with van der Waals surface area (Å²) in [7, 11) is 0. The number of nitro groups is 1. The number of benzene rings is 1. The number of nitrogens with zero attached hydrogens (tertiary/aromatic N) is 2. The summed E-state index contributed by atoms with van der Waals surface area (Å²) in [6, 6.07) is 5.14. The molecule has 0 spiro atoms. The van der Waals surface area contributed by atoms with Crippen molar-refractivity contribution >= 4 is 40.6 Å². The minimum Gasteiger partial charge on any atom is -0.370 e. The molecular weight excluding hydrogens is 436 g/mol. The van der Waals surface area contributed by atoms with Gasteiger partial charge in [0.15, 0.2) is 0 Å². The van der Waals surface area contributed by atoms with Crippen LogP contribution in [0.1, 0.15) is 28.8 Å². The Morgan fingerprint density at radius 3 is 2.48 bits per heavy atom. The molecule has 0 bridgehead atoms. The topological polar surface area (TPSA) is 97.2 Å². The predicted molar refractivity (Wildman–Crippen MR) is 102 cm³/mol. The molecule has 0 aliphatic carbocycles. The smallest absolute Gasteiger partial charge is 0.370 e. The third kappa shape index (κ3) is 6.75. The summed E-state index contributed by atoms with van der Waals surface area (Å²) in [5, 5.41) is 15.9. The van der Waals surface area contributed by atoms with Crippen LogP contribution in [0.25, 0.3) is 0 Å². The average molecular weight is 451 g/mol. The molecule has 1 aromatic carbocycles. The molecule has 1 amide bonds. The van der Waals surface area contributed by atoms with E-state index in [1.807, 2.05) is 0 Å². The van der Waals surface area contributed by atoms with Gasteiger partial charge in [0.1, 0.15) is 11.0 Å². The van der Waals surface area contributed by atoms with Gasteiger partial charge >= 0.3 is 6.18 Å². The van der Waals surface area contributed by atoms with E-state index in [1.54, 1.807) is 0 Å². The van der Waals surface area contributed by atoms with E-state index in [0.29, 0.717) is 19.4 Å². The number of hydrogen-bond acceptors (Lipinski definition) is 5. The highest BCUT2D eigenvalue weighted by atomic mass is 35.5. The SMILES string of the molecule is O=C(NCCCCNc1cc(C(F)(F)F)cc(Cl)n1)c1cc([N+](=O)[O-])ccc1Cl. The molecule has 1 aromatic heterocycles. The lowest BCUT2D eigenvalue weighted by Gasteiger charge is -2.11. The van der Waals surface area contributed by atoms with E-state index >= 15 is 0 Å². The van der Waals surface area contributed by atoms with Crippen molar-refractivity contribution in [2.75, 3.05) is 18.4 Å². The largest absolute Gasteiger partial charge is 0.416 e. The maximum absolute atomic E-state index is 12.7. The fraction of sp³-hybridized carbons (Fsp3) is 0.294. The fourth-order valence-electron chi connectivity index (χ4n) is 2.32. The highest BCUT2D eigenvalue weighted by Gasteiger charge is 2.31. The molecule has 0 aliphatic heterocycles. The number of non-ortho nitro benzene ring substituents is 1. The molecule has 0 aliphatic rings. The van der Waals surface area contributed by atoms with Crippen molar-refractivity contribution in [1.82, 2.24) is 10.3 Å². The molecule has 0 unspecified atom stereocenters. The third-order valence-corrected chi connectivity index (χ3v) is 4.25. The van der Waals surface area contributed by atoms with Crippen LogP contribution in [0, 0.1) is 10.1 Å². The highest BCUT2D eigenvalue weighted by molar-refractivity contribution is 6.34. The average Bonchev–Trinajstić information content (AvgIpc) is 2.63. The Morgan fingerprint density at radius 1 is 1.14 bits per heavy atom. The van der Waals surface area contributed by atoms with Gasteiger partial charge in [0.25, 0.3) is 11.6 Å². The zero-order chi connectivity index (χ0) is 21.6. The molecule has 2 rings (SSSR count). The quantitative estimate of drug-likeness (QED) is 0.257. The summed E-state index contributed by atoms with van der Waals surface area (Å²) in [4.78, 5) is 26.0. The number of halogens is 5. The molecule has 0 saturated carbocycles. The van der Waals surface area contributed by atoms with E-state index in [2.05, 4.69) is 15.6 Å². The van der Waals surface area contributed by atoms with Crippen LogP contribution in [-0.4, -0.2) is 28.9 Å². The first-order valence-corrected chi connectivity index (χ1v) is 9.04. The Kier molecular flexibility index (Phi) is 7.63. The third-order valence-electron chi connectivity index (χ3n) is 3.72. The van der Waals surface area contributed by atoms with E-state index in [0.717, 1.165) is 18.2 Å². The molecule has 2 N–H and O–H groups in total. The number of rotatable bonds is 8. The maximum atomic E-state index is 12.7. The molecular formula is C17H15Cl2F3N4O3. The maximum Gasteiger partial charge on any atom is 0.416 e. The Morgan fingerprint density at radius 2 is 1.83 bits per heavy atom. The zero-order valence-electron chi connectivity index (χ0n) is 14.7. The number of amides is 1. The van der Waals surface area contributed by atoms with E-state index < -0.39 is 22.6 Å². The van der Waals surface area contributed by atoms with Crippen molar-refractivity contribution in [2.45, 2.75) is 19.0 Å². The minimum atomic E-state index is -4.53. The van der Waals surface area contributed by atoms with Crippen LogP contribution in [-0.2, 0) is 6.18 Å². The van der Waals surface area contributed by atoms with Crippen molar-refractivity contribution in [2.24, 2.45) is 0 Å². The first kappa shape index (κ1) is 22.7. The van der Waals surface area contributed by atoms with Gasteiger partial charge in [-0.3, -0.25) is 14.9 Å².